The van der Waals surface area contributed by atoms with Crippen molar-refractivity contribution in [3.8, 4) is 11.1 Å². The second kappa shape index (κ2) is 6.36. The van der Waals surface area contributed by atoms with Gasteiger partial charge in [0.05, 0.1) is 5.52 Å². The predicted molar refractivity (Wildman–Crippen MR) is 139 cm³/mol. The van der Waals surface area contributed by atoms with Gasteiger partial charge >= 0.3 is 11.1 Å². The largest absolute Gasteiger partial charge is 0.450 e. The van der Waals surface area contributed by atoms with Gasteiger partial charge in [0.2, 0.25) is 11.2 Å². The van der Waals surface area contributed by atoms with E-state index in [0.29, 0.717) is 16.7 Å². The number of pyridine rings is 2. The predicted octanol–water partition coefficient (Wildman–Crippen LogP) is 6.72. The third-order valence-corrected chi connectivity index (χ3v) is 6.96. The number of hydrogen-bond acceptors (Lipinski definition) is 4. The van der Waals surface area contributed by atoms with Crippen molar-refractivity contribution in [2.45, 2.75) is 0 Å². The van der Waals surface area contributed by atoms with Crippen molar-refractivity contribution in [2.24, 2.45) is 0 Å². The quantitative estimate of drug-likeness (QED) is 0.277. The van der Waals surface area contributed by atoms with Gasteiger partial charge in [-0.3, -0.25) is 9.59 Å². The van der Waals surface area contributed by atoms with E-state index in [-0.39, 0.29) is 11.2 Å². The fourth-order valence-electron chi connectivity index (χ4n) is 5.48. The molecular weight excluding hydrogens is 438 g/mol. The molecule has 8 rings (SSSR count). The van der Waals surface area contributed by atoms with Gasteiger partial charge < -0.3 is 8.83 Å². The summed E-state index contributed by atoms with van der Waals surface area (Å²) in [5.41, 5.74) is 3.20. The third kappa shape index (κ3) is 2.27. The minimum Gasteiger partial charge on any atom is -0.450 e. The van der Waals surface area contributed by atoms with E-state index in [1.165, 1.54) is 4.40 Å². The fraction of sp³-hybridized carbons (Fsp3) is 0. The second-order valence-electron chi connectivity index (χ2n) is 8.84. The number of furan rings is 2. The normalized spacial score (nSPS) is 12.2. The Balaban J connectivity index is 1.76. The van der Waals surface area contributed by atoms with Crippen LogP contribution < -0.4 is 11.1 Å². The smallest absolute Gasteiger partial charge is 0.301 e. The molecule has 0 unspecified atom stereocenters. The number of nitrogens with zero attached hydrogens (tertiary/aromatic N) is 1. The van der Waals surface area contributed by atoms with Crippen molar-refractivity contribution >= 4 is 60.2 Å². The number of para-hydroxylation sites is 2. The molecule has 0 amide bonds. The number of aromatic nitrogens is 1. The SMILES string of the molecule is O=c1c2oc3ccccc3c2c2cc(-c3ccccc3)cc3c4c(oc5ccccc54)c(=O)n1c23. The molecule has 0 saturated carbocycles. The number of fused-ring (bicyclic) bond motifs is 8. The van der Waals surface area contributed by atoms with E-state index in [1.54, 1.807) is 0 Å². The Morgan fingerprint density at radius 3 is 1.54 bits per heavy atom. The Morgan fingerprint density at radius 1 is 0.514 bits per heavy atom. The Bertz CT molecular complexity index is 2110. The molecule has 4 heterocycles. The molecular formula is C30H15NO4. The molecule has 0 radical (unpaired) electrons. The maximum Gasteiger partial charge on any atom is 0.301 e. The van der Waals surface area contributed by atoms with Crippen molar-refractivity contribution in [1.82, 2.24) is 4.40 Å². The Labute approximate surface area is 196 Å². The van der Waals surface area contributed by atoms with E-state index in [9.17, 15) is 9.59 Å². The van der Waals surface area contributed by atoms with Crippen LogP contribution >= 0.6 is 0 Å². The van der Waals surface area contributed by atoms with Gasteiger partial charge in [-0.15, -0.1) is 0 Å². The molecule has 0 N–H and O–H groups in total. The lowest BCUT2D eigenvalue weighted by Crippen LogP contribution is -2.26. The highest BCUT2D eigenvalue weighted by Crippen LogP contribution is 2.40. The zero-order valence-electron chi connectivity index (χ0n) is 18.2. The molecule has 0 aliphatic heterocycles. The van der Waals surface area contributed by atoms with E-state index >= 15 is 0 Å². The first-order valence-electron chi connectivity index (χ1n) is 11.4. The van der Waals surface area contributed by atoms with Gasteiger partial charge in [-0.1, -0.05) is 66.7 Å². The standard InChI is InChI=1S/C30H15NO4/c32-29-27-24(18-10-4-6-12-22(18)34-27)20-14-17(16-8-2-1-3-9-16)15-21-25-19-11-5-7-13-23(19)35-28(25)30(33)31(29)26(20)21/h1-15H. The summed E-state index contributed by atoms with van der Waals surface area (Å²) in [5.74, 6) is 0. The highest BCUT2D eigenvalue weighted by atomic mass is 16.3. The summed E-state index contributed by atoms with van der Waals surface area (Å²) in [6.07, 6.45) is 0. The van der Waals surface area contributed by atoms with Crippen LogP contribution in [0.4, 0.5) is 0 Å². The van der Waals surface area contributed by atoms with Crippen LogP contribution in [0.2, 0.25) is 0 Å². The maximum atomic E-state index is 13.7. The van der Waals surface area contributed by atoms with Gasteiger partial charge in [-0.05, 0) is 35.4 Å². The van der Waals surface area contributed by atoms with Gasteiger partial charge in [-0.25, -0.2) is 4.40 Å². The summed E-state index contributed by atoms with van der Waals surface area (Å²) >= 11 is 0. The molecule has 0 aliphatic rings. The fourth-order valence-corrected chi connectivity index (χ4v) is 5.48. The van der Waals surface area contributed by atoms with E-state index in [1.807, 2.05) is 66.7 Å². The molecule has 8 aromatic rings. The minimum absolute atomic E-state index is 0.169. The van der Waals surface area contributed by atoms with Gasteiger partial charge in [0.15, 0.2) is 0 Å². The monoisotopic (exact) mass is 453 g/mol. The molecule has 35 heavy (non-hydrogen) atoms. The van der Waals surface area contributed by atoms with Crippen LogP contribution in [-0.4, -0.2) is 4.40 Å². The average Bonchev–Trinajstić information content (AvgIpc) is 3.48. The molecule has 0 atom stereocenters. The minimum atomic E-state index is -0.478. The summed E-state index contributed by atoms with van der Waals surface area (Å²) in [6, 6.07) is 29.4. The average molecular weight is 453 g/mol. The van der Waals surface area contributed by atoms with Crippen molar-refractivity contribution in [3.63, 3.8) is 0 Å². The van der Waals surface area contributed by atoms with Crippen LogP contribution in [0.5, 0.6) is 0 Å². The van der Waals surface area contributed by atoms with Gasteiger partial charge in [0.25, 0.3) is 0 Å². The van der Waals surface area contributed by atoms with E-state index in [2.05, 4.69) is 24.3 Å². The second-order valence-corrected chi connectivity index (χ2v) is 8.84. The zero-order valence-corrected chi connectivity index (χ0v) is 18.2. The van der Waals surface area contributed by atoms with E-state index in [0.717, 1.165) is 43.4 Å². The highest BCUT2D eigenvalue weighted by molar-refractivity contribution is 6.27. The number of benzene rings is 4. The van der Waals surface area contributed by atoms with Crippen LogP contribution in [0.25, 0.3) is 71.3 Å². The van der Waals surface area contributed by atoms with Gasteiger partial charge in [0, 0.05) is 32.3 Å². The molecule has 4 aromatic heterocycles. The molecule has 0 spiro atoms. The van der Waals surface area contributed by atoms with Gasteiger partial charge in [0.1, 0.15) is 11.2 Å². The summed E-state index contributed by atoms with van der Waals surface area (Å²) in [7, 11) is 0. The van der Waals surface area contributed by atoms with Crippen LogP contribution in [0.15, 0.2) is 109 Å². The first-order valence-corrected chi connectivity index (χ1v) is 11.4. The molecule has 5 nitrogen and oxygen atoms in total. The molecule has 0 bridgehead atoms. The zero-order chi connectivity index (χ0) is 23.3. The highest BCUT2D eigenvalue weighted by Gasteiger charge is 2.24. The van der Waals surface area contributed by atoms with Crippen molar-refractivity contribution in [3.05, 3.63) is 112 Å². The topological polar surface area (TPSA) is 64.8 Å². The molecule has 0 fully saturated rings. The first-order chi connectivity index (χ1) is 17.2. The summed E-state index contributed by atoms with van der Waals surface area (Å²) in [4.78, 5) is 27.5. The first kappa shape index (κ1) is 18.5. The third-order valence-electron chi connectivity index (χ3n) is 6.96. The van der Waals surface area contributed by atoms with E-state index < -0.39 is 11.1 Å². The maximum absolute atomic E-state index is 13.7. The Kier molecular flexibility index (Phi) is 3.37. The van der Waals surface area contributed by atoms with Crippen molar-refractivity contribution < 1.29 is 8.83 Å². The molecule has 4 aromatic carbocycles. The summed E-state index contributed by atoms with van der Waals surface area (Å²) < 4.78 is 13.3. The Hall–Kier alpha value is -4.90. The summed E-state index contributed by atoms with van der Waals surface area (Å²) in [6.45, 7) is 0. The van der Waals surface area contributed by atoms with Gasteiger partial charge in [-0.2, -0.15) is 0 Å². The van der Waals surface area contributed by atoms with Crippen molar-refractivity contribution in [2.75, 3.05) is 0 Å². The summed E-state index contributed by atoms with van der Waals surface area (Å²) in [5, 5.41) is 4.73. The molecule has 0 saturated heterocycles. The van der Waals surface area contributed by atoms with Crippen molar-refractivity contribution in [1.29, 1.82) is 0 Å². The van der Waals surface area contributed by atoms with E-state index in [4.69, 9.17) is 8.83 Å². The lowest BCUT2D eigenvalue weighted by atomic mass is 9.95. The van der Waals surface area contributed by atoms with Crippen LogP contribution in [0.3, 0.4) is 0 Å². The van der Waals surface area contributed by atoms with Crippen LogP contribution in [-0.2, 0) is 0 Å². The van der Waals surface area contributed by atoms with Crippen LogP contribution in [0, 0.1) is 0 Å². The lowest BCUT2D eigenvalue weighted by Gasteiger charge is -2.12. The molecule has 164 valence electrons. The molecule has 0 aliphatic carbocycles. The Morgan fingerprint density at radius 2 is 1.00 bits per heavy atom. The number of rotatable bonds is 1. The molecule has 5 heteroatoms. The van der Waals surface area contributed by atoms with Crippen LogP contribution in [0.1, 0.15) is 0 Å². The number of hydrogen-bond donors (Lipinski definition) is 0. The lowest BCUT2D eigenvalue weighted by molar-refractivity contribution is 0.654.